The highest BCUT2D eigenvalue weighted by atomic mass is 16.3. The van der Waals surface area contributed by atoms with Crippen LogP contribution in [0.15, 0.2) is 0 Å². The molecule has 0 aliphatic carbocycles. The molecule has 2 heteroatoms. The first-order valence-electron chi connectivity index (χ1n) is 3.80. The van der Waals surface area contributed by atoms with Crippen molar-refractivity contribution in [1.29, 1.82) is 0 Å². The van der Waals surface area contributed by atoms with Crippen LogP contribution in [0.4, 0.5) is 0 Å². The lowest BCUT2D eigenvalue weighted by molar-refractivity contribution is -0.108. The third-order valence-corrected chi connectivity index (χ3v) is 1.59. The summed E-state index contributed by atoms with van der Waals surface area (Å²) in [6.45, 7) is 3.96. The van der Waals surface area contributed by atoms with E-state index < -0.39 is 0 Å². The number of aliphatic hydroxyl groups is 1. The van der Waals surface area contributed by atoms with Crippen LogP contribution in [0.5, 0.6) is 0 Å². The predicted molar refractivity (Wildman–Crippen MR) is 40.8 cm³/mol. The van der Waals surface area contributed by atoms with E-state index in [0.29, 0.717) is 12.3 Å². The summed E-state index contributed by atoms with van der Waals surface area (Å²) in [5.74, 6) is 0.312. The van der Waals surface area contributed by atoms with Crippen molar-refractivity contribution in [3.05, 3.63) is 0 Å². The van der Waals surface area contributed by atoms with E-state index in [1.807, 2.05) is 13.8 Å². The maximum absolute atomic E-state index is 9.87. The summed E-state index contributed by atoms with van der Waals surface area (Å²) in [5.41, 5.74) is 0. The fourth-order valence-corrected chi connectivity index (χ4v) is 0.744. The van der Waals surface area contributed by atoms with Crippen LogP contribution >= 0.6 is 0 Å². The Bertz CT molecular complexity index is 89.3. The van der Waals surface area contributed by atoms with Crippen molar-refractivity contribution in [3.63, 3.8) is 0 Å². The predicted octanol–water partition coefficient (Wildman–Crippen LogP) is 1.37. The smallest absolute Gasteiger partial charge is 0.119 e. The van der Waals surface area contributed by atoms with Gasteiger partial charge in [-0.2, -0.15) is 0 Å². The molecule has 10 heavy (non-hydrogen) atoms. The fraction of sp³-hybridized carbons (Fsp3) is 0.875. The summed E-state index contributed by atoms with van der Waals surface area (Å²) in [7, 11) is 0. The lowest BCUT2D eigenvalue weighted by atomic mass is 10.0. The zero-order valence-electron chi connectivity index (χ0n) is 6.71. The zero-order chi connectivity index (χ0) is 7.98. The van der Waals surface area contributed by atoms with Crippen LogP contribution in [-0.4, -0.2) is 17.5 Å². The summed E-state index contributed by atoms with van der Waals surface area (Å²) >= 11 is 0. The summed E-state index contributed by atoms with van der Waals surface area (Å²) < 4.78 is 0. The Morgan fingerprint density at radius 1 is 1.50 bits per heavy atom. The van der Waals surface area contributed by atoms with Crippen molar-refractivity contribution >= 4 is 6.29 Å². The molecule has 0 radical (unpaired) electrons. The van der Waals surface area contributed by atoms with E-state index in [9.17, 15) is 9.90 Å². The Kier molecular flexibility index (Phi) is 5.22. The van der Waals surface area contributed by atoms with Gasteiger partial charge >= 0.3 is 0 Å². The molecular weight excluding hydrogens is 128 g/mol. The molecule has 0 amide bonds. The molecular formula is C8H16O2. The van der Waals surface area contributed by atoms with Crippen molar-refractivity contribution in [2.24, 2.45) is 5.92 Å². The largest absolute Gasteiger partial charge is 0.393 e. The lowest BCUT2D eigenvalue weighted by Gasteiger charge is -2.12. The van der Waals surface area contributed by atoms with Crippen LogP contribution in [0.3, 0.4) is 0 Å². The van der Waals surface area contributed by atoms with Crippen LogP contribution in [-0.2, 0) is 4.79 Å². The van der Waals surface area contributed by atoms with Crippen molar-refractivity contribution in [2.45, 2.75) is 39.2 Å². The van der Waals surface area contributed by atoms with Gasteiger partial charge in [0.05, 0.1) is 6.10 Å². The minimum atomic E-state index is -0.236. The number of carbonyl (C=O) groups excluding carboxylic acids is 1. The third kappa shape index (κ3) is 4.50. The van der Waals surface area contributed by atoms with Gasteiger partial charge in [-0.05, 0) is 18.8 Å². The molecule has 0 aliphatic rings. The summed E-state index contributed by atoms with van der Waals surface area (Å²) in [6.07, 6.45) is 2.79. The number of unbranched alkanes of at least 4 members (excludes halogenated alkanes) is 1. The van der Waals surface area contributed by atoms with E-state index in [1.165, 1.54) is 0 Å². The molecule has 0 spiro atoms. The van der Waals surface area contributed by atoms with E-state index in [1.54, 1.807) is 0 Å². The molecule has 0 rings (SSSR count). The summed E-state index contributed by atoms with van der Waals surface area (Å²) in [6, 6.07) is 0. The van der Waals surface area contributed by atoms with Gasteiger partial charge in [-0.3, -0.25) is 0 Å². The third-order valence-electron chi connectivity index (χ3n) is 1.59. The number of carbonyl (C=O) groups is 1. The minimum Gasteiger partial charge on any atom is -0.393 e. The van der Waals surface area contributed by atoms with Gasteiger partial charge < -0.3 is 9.90 Å². The first-order valence-corrected chi connectivity index (χ1v) is 3.80. The van der Waals surface area contributed by atoms with E-state index >= 15 is 0 Å². The van der Waals surface area contributed by atoms with Gasteiger partial charge in [0.2, 0.25) is 0 Å². The van der Waals surface area contributed by atoms with Gasteiger partial charge in [0.25, 0.3) is 0 Å². The number of hydrogen-bond acceptors (Lipinski definition) is 2. The van der Waals surface area contributed by atoms with Crippen LogP contribution in [0.25, 0.3) is 0 Å². The molecule has 60 valence electrons. The van der Waals surface area contributed by atoms with Crippen LogP contribution in [0, 0.1) is 5.92 Å². The number of aliphatic hydroxyl groups excluding tert-OH is 1. The first kappa shape index (κ1) is 9.63. The van der Waals surface area contributed by atoms with Crippen molar-refractivity contribution < 1.29 is 9.90 Å². The minimum absolute atomic E-state index is 0.236. The molecule has 0 saturated carbocycles. The van der Waals surface area contributed by atoms with Gasteiger partial charge in [0, 0.05) is 6.42 Å². The normalized spacial score (nSPS) is 13.6. The second-order valence-corrected chi connectivity index (χ2v) is 2.91. The lowest BCUT2D eigenvalue weighted by Crippen LogP contribution is -2.13. The molecule has 0 aromatic heterocycles. The van der Waals surface area contributed by atoms with Gasteiger partial charge in [-0.1, -0.05) is 13.8 Å². The quantitative estimate of drug-likeness (QED) is 0.467. The number of rotatable bonds is 5. The standard InChI is InChI=1S/C8H16O2/c1-7(2)8(10)5-3-4-6-9/h6-8,10H,3-5H2,1-2H3. The first-order chi connectivity index (χ1) is 4.68. The average Bonchev–Trinajstić information content (AvgIpc) is 1.88. The molecule has 0 saturated heterocycles. The van der Waals surface area contributed by atoms with Gasteiger partial charge in [-0.15, -0.1) is 0 Å². The molecule has 1 unspecified atom stereocenters. The fourth-order valence-electron chi connectivity index (χ4n) is 0.744. The summed E-state index contributed by atoms with van der Waals surface area (Å²) in [4.78, 5) is 9.87. The highest BCUT2D eigenvalue weighted by molar-refractivity contribution is 5.48. The topological polar surface area (TPSA) is 37.3 Å². The second-order valence-electron chi connectivity index (χ2n) is 2.91. The Hall–Kier alpha value is -0.370. The summed E-state index contributed by atoms with van der Waals surface area (Å²) in [5, 5.41) is 9.24. The molecule has 0 aromatic rings. The molecule has 0 aliphatic heterocycles. The number of aldehydes is 1. The molecule has 1 N–H and O–H groups in total. The highest BCUT2D eigenvalue weighted by Gasteiger charge is 2.07. The molecule has 0 fully saturated rings. The van der Waals surface area contributed by atoms with E-state index in [2.05, 4.69) is 0 Å². The maximum Gasteiger partial charge on any atom is 0.119 e. The van der Waals surface area contributed by atoms with Crippen molar-refractivity contribution in [2.75, 3.05) is 0 Å². The molecule has 0 aromatic carbocycles. The highest BCUT2D eigenvalue weighted by Crippen LogP contribution is 2.08. The molecule has 1 atom stereocenters. The average molecular weight is 144 g/mol. The molecule has 2 nitrogen and oxygen atoms in total. The van der Waals surface area contributed by atoms with Crippen LogP contribution in [0.2, 0.25) is 0 Å². The van der Waals surface area contributed by atoms with Crippen LogP contribution in [0.1, 0.15) is 33.1 Å². The SMILES string of the molecule is CC(C)C(O)CCCC=O. The Labute approximate surface area is 62.2 Å². The molecule has 0 bridgehead atoms. The van der Waals surface area contributed by atoms with E-state index in [-0.39, 0.29) is 6.10 Å². The Balaban J connectivity index is 3.21. The Morgan fingerprint density at radius 2 is 2.10 bits per heavy atom. The second kappa shape index (κ2) is 5.42. The van der Waals surface area contributed by atoms with Gasteiger partial charge in [0.15, 0.2) is 0 Å². The van der Waals surface area contributed by atoms with E-state index in [4.69, 9.17) is 0 Å². The zero-order valence-corrected chi connectivity index (χ0v) is 6.71. The van der Waals surface area contributed by atoms with Crippen LogP contribution < -0.4 is 0 Å². The Morgan fingerprint density at radius 3 is 2.50 bits per heavy atom. The number of hydrogen-bond donors (Lipinski definition) is 1. The van der Waals surface area contributed by atoms with E-state index in [0.717, 1.165) is 19.1 Å². The maximum atomic E-state index is 9.87. The van der Waals surface area contributed by atoms with Crippen molar-refractivity contribution in [1.82, 2.24) is 0 Å². The monoisotopic (exact) mass is 144 g/mol. The van der Waals surface area contributed by atoms with Crippen molar-refractivity contribution in [3.8, 4) is 0 Å². The molecule has 0 heterocycles. The van der Waals surface area contributed by atoms with Gasteiger partial charge in [0.1, 0.15) is 6.29 Å². The van der Waals surface area contributed by atoms with Gasteiger partial charge in [-0.25, -0.2) is 0 Å².